The van der Waals surface area contributed by atoms with Crippen LogP contribution in [0.5, 0.6) is 0 Å². The van der Waals surface area contributed by atoms with E-state index >= 15 is 0 Å². The van der Waals surface area contributed by atoms with Gasteiger partial charge in [-0.3, -0.25) is 4.99 Å². The largest absolute Gasteiger partial charge is 0.378 e. The number of hydrogen-bond acceptors (Lipinski definition) is 2. The number of hydrogen-bond donors (Lipinski definition) is 0. The van der Waals surface area contributed by atoms with Gasteiger partial charge in [-0.1, -0.05) is 30.3 Å². The molecular formula is C16H18N2. The van der Waals surface area contributed by atoms with Crippen LogP contribution in [0.2, 0.25) is 0 Å². The highest BCUT2D eigenvalue weighted by atomic mass is 15.1. The highest BCUT2D eigenvalue weighted by molar-refractivity contribution is 5.82. The van der Waals surface area contributed by atoms with Crippen LogP contribution in [0, 0.1) is 6.92 Å². The second-order valence-corrected chi connectivity index (χ2v) is 4.53. The van der Waals surface area contributed by atoms with Crippen LogP contribution in [0.15, 0.2) is 53.5 Å². The molecule has 0 aliphatic heterocycles. The zero-order valence-electron chi connectivity index (χ0n) is 11.1. The summed E-state index contributed by atoms with van der Waals surface area (Å²) in [5, 5.41) is 0. The Morgan fingerprint density at radius 1 is 0.944 bits per heavy atom. The van der Waals surface area contributed by atoms with Gasteiger partial charge in [0.2, 0.25) is 0 Å². The van der Waals surface area contributed by atoms with Gasteiger partial charge in [-0.25, -0.2) is 0 Å². The normalized spacial score (nSPS) is 10.8. The predicted octanol–water partition coefficient (Wildman–Crippen LogP) is 3.81. The van der Waals surface area contributed by atoms with E-state index in [9.17, 15) is 0 Å². The molecule has 0 heterocycles. The van der Waals surface area contributed by atoms with E-state index in [0.29, 0.717) is 0 Å². The smallest absolute Gasteiger partial charge is 0.0659 e. The van der Waals surface area contributed by atoms with Crippen molar-refractivity contribution < 1.29 is 0 Å². The third kappa shape index (κ3) is 2.98. The summed E-state index contributed by atoms with van der Waals surface area (Å²) in [6, 6.07) is 16.5. The van der Waals surface area contributed by atoms with Crippen molar-refractivity contribution in [2.24, 2.45) is 4.99 Å². The van der Waals surface area contributed by atoms with Gasteiger partial charge in [-0.05, 0) is 36.2 Å². The third-order valence-electron chi connectivity index (χ3n) is 2.88. The molecule has 0 fully saturated rings. The van der Waals surface area contributed by atoms with Crippen molar-refractivity contribution in [3.05, 3.63) is 59.7 Å². The topological polar surface area (TPSA) is 15.6 Å². The lowest BCUT2D eigenvalue weighted by Crippen LogP contribution is -2.08. The Labute approximate surface area is 109 Å². The van der Waals surface area contributed by atoms with Gasteiger partial charge in [0.25, 0.3) is 0 Å². The molecule has 2 nitrogen and oxygen atoms in total. The van der Waals surface area contributed by atoms with Crippen molar-refractivity contribution in [3.63, 3.8) is 0 Å². The molecule has 0 amide bonds. The summed E-state index contributed by atoms with van der Waals surface area (Å²) in [7, 11) is 4.08. The minimum atomic E-state index is 1.02. The van der Waals surface area contributed by atoms with Gasteiger partial charge < -0.3 is 4.90 Å². The summed E-state index contributed by atoms with van der Waals surface area (Å²) >= 11 is 0. The molecule has 2 heteroatoms. The summed E-state index contributed by atoms with van der Waals surface area (Å²) < 4.78 is 0. The first-order valence-corrected chi connectivity index (χ1v) is 6.04. The zero-order chi connectivity index (χ0) is 13.0. The van der Waals surface area contributed by atoms with Gasteiger partial charge in [0.15, 0.2) is 0 Å². The molecule has 92 valence electrons. The van der Waals surface area contributed by atoms with E-state index in [1.165, 1.54) is 11.3 Å². The standard InChI is InChI=1S/C16H18N2/c1-13-6-4-5-7-16(13)17-12-14-8-10-15(11-9-14)18(2)3/h4-12H,1-3H3. The first-order valence-electron chi connectivity index (χ1n) is 6.04. The van der Waals surface area contributed by atoms with Crippen LogP contribution < -0.4 is 4.90 Å². The zero-order valence-corrected chi connectivity index (χ0v) is 11.1. The molecule has 0 saturated carbocycles. The van der Waals surface area contributed by atoms with E-state index in [4.69, 9.17) is 0 Å². The fraction of sp³-hybridized carbons (Fsp3) is 0.188. The van der Waals surface area contributed by atoms with Crippen LogP contribution in [-0.2, 0) is 0 Å². The molecule has 0 aliphatic rings. The van der Waals surface area contributed by atoms with Gasteiger partial charge in [0.05, 0.1) is 5.69 Å². The van der Waals surface area contributed by atoms with Crippen molar-refractivity contribution in [3.8, 4) is 0 Å². The Hall–Kier alpha value is -2.09. The van der Waals surface area contributed by atoms with Gasteiger partial charge in [0, 0.05) is 26.0 Å². The van der Waals surface area contributed by atoms with Crippen molar-refractivity contribution in [1.82, 2.24) is 0 Å². The number of para-hydroxylation sites is 1. The summed E-state index contributed by atoms with van der Waals surface area (Å²) in [5.74, 6) is 0. The molecule has 0 unspecified atom stereocenters. The van der Waals surface area contributed by atoms with Gasteiger partial charge in [0.1, 0.15) is 0 Å². The van der Waals surface area contributed by atoms with Gasteiger partial charge in [-0.2, -0.15) is 0 Å². The fourth-order valence-corrected chi connectivity index (χ4v) is 1.71. The van der Waals surface area contributed by atoms with E-state index in [1.807, 2.05) is 38.5 Å². The molecule has 0 spiro atoms. The lowest BCUT2D eigenvalue weighted by molar-refractivity contribution is 1.13. The molecule has 0 radical (unpaired) electrons. The number of anilines is 1. The number of aryl methyl sites for hydroxylation is 1. The Morgan fingerprint density at radius 2 is 1.61 bits per heavy atom. The average Bonchev–Trinajstić information content (AvgIpc) is 2.38. The Morgan fingerprint density at radius 3 is 2.22 bits per heavy atom. The maximum absolute atomic E-state index is 4.51. The molecule has 0 N–H and O–H groups in total. The fourth-order valence-electron chi connectivity index (χ4n) is 1.71. The lowest BCUT2D eigenvalue weighted by Gasteiger charge is -2.11. The third-order valence-corrected chi connectivity index (χ3v) is 2.88. The van der Waals surface area contributed by atoms with Crippen molar-refractivity contribution in [2.45, 2.75) is 6.92 Å². The number of benzene rings is 2. The van der Waals surface area contributed by atoms with Crippen LogP contribution in [0.1, 0.15) is 11.1 Å². The van der Waals surface area contributed by atoms with Crippen molar-refractivity contribution in [2.75, 3.05) is 19.0 Å². The van der Waals surface area contributed by atoms with Crippen LogP contribution >= 0.6 is 0 Å². The lowest BCUT2D eigenvalue weighted by atomic mass is 10.2. The average molecular weight is 238 g/mol. The summed E-state index contributed by atoms with van der Waals surface area (Å²) in [6.07, 6.45) is 1.90. The number of nitrogens with zero attached hydrogens (tertiary/aromatic N) is 2. The summed E-state index contributed by atoms with van der Waals surface area (Å²) in [4.78, 5) is 6.60. The van der Waals surface area contributed by atoms with E-state index < -0.39 is 0 Å². The molecule has 0 aliphatic carbocycles. The molecule has 0 aromatic heterocycles. The molecule has 0 atom stereocenters. The molecule has 0 saturated heterocycles. The van der Waals surface area contributed by atoms with Crippen molar-refractivity contribution in [1.29, 1.82) is 0 Å². The van der Waals surface area contributed by atoms with E-state index in [-0.39, 0.29) is 0 Å². The summed E-state index contributed by atoms with van der Waals surface area (Å²) in [5.41, 5.74) is 4.53. The monoisotopic (exact) mass is 238 g/mol. The highest BCUT2D eigenvalue weighted by Crippen LogP contribution is 2.17. The molecule has 2 rings (SSSR count). The van der Waals surface area contributed by atoms with Gasteiger partial charge in [-0.15, -0.1) is 0 Å². The van der Waals surface area contributed by atoms with Crippen molar-refractivity contribution >= 4 is 17.6 Å². The first-order chi connectivity index (χ1) is 8.66. The number of rotatable bonds is 3. The number of aliphatic imine (C=N–C) groups is 1. The Balaban J connectivity index is 2.17. The minimum absolute atomic E-state index is 1.02. The van der Waals surface area contributed by atoms with Crippen LogP contribution in [-0.4, -0.2) is 20.3 Å². The molecule has 2 aromatic carbocycles. The highest BCUT2D eigenvalue weighted by Gasteiger charge is 1.95. The van der Waals surface area contributed by atoms with Crippen LogP contribution in [0.25, 0.3) is 0 Å². The van der Waals surface area contributed by atoms with Crippen LogP contribution in [0.3, 0.4) is 0 Å². The molecule has 2 aromatic rings. The predicted molar refractivity (Wildman–Crippen MR) is 79.2 cm³/mol. The minimum Gasteiger partial charge on any atom is -0.378 e. The second-order valence-electron chi connectivity index (χ2n) is 4.53. The maximum atomic E-state index is 4.51. The Bertz CT molecular complexity index is 539. The first kappa shape index (κ1) is 12.4. The van der Waals surface area contributed by atoms with E-state index in [1.54, 1.807) is 0 Å². The second kappa shape index (κ2) is 5.50. The Kier molecular flexibility index (Phi) is 3.78. The van der Waals surface area contributed by atoms with Gasteiger partial charge >= 0.3 is 0 Å². The van der Waals surface area contributed by atoms with E-state index in [2.05, 4.69) is 47.1 Å². The van der Waals surface area contributed by atoms with Crippen LogP contribution in [0.4, 0.5) is 11.4 Å². The molecule has 18 heavy (non-hydrogen) atoms. The van der Waals surface area contributed by atoms with E-state index in [0.717, 1.165) is 11.3 Å². The quantitative estimate of drug-likeness (QED) is 0.742. The molecular weight excluding hydrogens is 220 g/mol. The maximum Gasteiger partial charge on any atom is 0.0659 e. The molecule has 0 bridgehead atoms. The SMILES string of the molecule is Cc1ccccc1N=Cc1ccc(N(C)C)cc1. The summed E-state index contributed by atoms with van der Waals surface area (Å²) in [6.45, 7) is 2.07.